The molecule has 0 amide bonds. The van der Waals surface area contributed by atoms with Crippen LogP contribution in [0.4, 0.5) is 24.9 Å². The lowest BCUT2D eigenvalue weighted by Gasteiger charge is -2.33. The number of rotatable bonds is 4. The van der Waals surface area contributed by atoms with Gasteiger partial charge in [0, 0.05) is 25.7 Å². The SMILES string of the molecule is CCNc1nc(N2CCOC(CC)C2)cc(C(F)(F)F)n1. The van der Waals surface area contributed by atoms with E-state index in [9.17, 15) is 13.2 Å². The van der Waals surface area contributed by atoms with Gasteiger partial charge in [-0.05, 0) is 13.3 Å². The highest BCUT2D eigenvalue weighted by atomic mass is 19.4. The Hall–Kier alpha value is -1.57. The zero-order valence-electron chi connectivity index (χ0n) is 12.1. The first-order valence-corrected chi connectivity index (χ1v) is 7.00. The average molecular weight is 304 g/mol. The molecule has 1 saturated heterocycles. The van der Waals surface area contributed by atoms with Crippen LogP contribution in [0.5, 0.6) is 0 Å². The van der Waals surface area contributed by atoms with E-state index >= 15 is 0 Å². The van der Waals surface area contributed by atoms with Crippen molar-refractivity contribution >= 4 is 11.8 Å². The summed E-state index contributed by atoms with van der Waals surface area (Å²) in [6.07, 6.45) is -3.66. The second kappa shape index (κ2) is 6.46. The smallest absolute Gasteiger partial charge is 0.375 e. The van der Waals surface area contributed by atoms with Gasteiger partial charge >= 0.3 is 6.18 Å². The minimum absolute atomic E-state index is 0.00173. The average Bonchev–Trinajstić information content (AvgIpc) is 2.46. The fourth-order valence-corrected chi connectivity index (χ4v) is 2.15. The van der Waals surface area contributed by atoms with E-state index in [1.54, 1.807) is 6.92 Å². The topological polar surface area (TPSA) is 50.3 Å². The molecule has 0 aliphatic carbocycles. The van der Waals surface area contributed by atoms with Crippen molar-refractivity contribution in [2.24, 2.45) is 0 Å². The number of nitrogens with one attached hydrogen (secondary N) is 1. The van der Waals surface area contributed by atoms with Gasteiger partial charge in [0.2, 0.25) is 5.95 Å². The number of anilines is 2. The van der Waals surface area contributed by atoms with Crippen molar-refractivity contribution in [2.45, 2.75) is 32.5 Å². The number of ether oxygens (including phenoxy) is 1. The van der Waals surface area contributed by atoms with Crippen LogP contribution < -0.4 is 10.2 Å². The first kappa shape index (κ1) is 15.8. The van der Waals surface area contributed by atoms with Crippen LogP contribution in [0.1, 0.15) is 26.0 Å². The highest BCUT2D eigenvalue weighted by Crippen LogP contribution is 2.31. The number of alkyl halides is 3. The minimum Gasteiger partial charge on any atom is -0.375 e. The maximum absolute atomic E-state index is 12.9. The molecule has 1 aromatic heterocycles. The number of hydrogen-bond donors (Lipinski definition) is 1. The number of morpholine rings is 1. The standard InChI is InChI=1S/C13H19F3N4O/c1-3-9-8-20(5-6-21-9)11-7-10(13(14,15)16)18-12(19-11)17-4-2/h7,9H,3-6,8H2,1-2H3,(H,17,18,19). The van der Waals surface area contributed by atoms with Gasteiger partial charge in [-0.1, -0.05) is 6.92 Å². The highest BCUT2D eigenvalue weighted by molar-refractivity contribution is 5.46. The summed E-state index contributed by atoms with van der Waals surface area (Å²) in [5.41, 5.74) is -0.928. The molecule has 21 heavy (non-hydrogen) atoms. The van der Waals surface area contributed by atoms with Gasteiger partial charge < -0.3 is 15.0 Å². The molecular weight excluding hydrogens is 285 g/mol. The third kappa shape index (κ3) is 3.96. The third-order valence-corrected chi connectivity index (χ3v) is 3.26. The maximum atomic E-state index is 12.9. The molecule has 2 rings (SSSR count). The molecule has 1 N–H and O–H groups in total. The fraction of sp³-hybridized carbons (Fsp3) is 0.692. The summed E-state index contributed by atoms with van der Waals surface area (Å²) >= 11 is 0. The van der Waals surface area contributed by atoms with Gasteiger partial charge in [0.15, 0.2) is 5.69 Å². The second-order valence-electron chi connectivity index (χ2n) is 4.81. The molecule has 0 saturated carbocycles. The number of aromatic nitrogens is 2. The number of nitrogens with zero attached hydrogens (tertiary/aromatic N) is 3. The Bertz CT molecular complexity index is 481. The molecular formula is C13H19F3N4O. The van der Waals surface area contributed by atoms with E-state index in [-0.39, 0.29) is 17.9 Å². The first-order chi connectivity index (χ1) is 9.94. The van der Waals surface area contributed by atoms with Crippen LogP contribution in [0.2, 0.25) is 0 Å². The quantitative estimate of drug-likeness (QED) is 0.926. The van der Waals surface area contributed by atoms with Crippen molar-refractivity contribution in [1.82, 2.24) is 9.97 Å². The van der Waals surface area contributed by atoms with Crippen LogP contribution in [0.25, 0.3) is 0 Å². The molecule has 5 nitrogen and oxygen atoms in total. The van der Waals surface area contributed by atoms with Gasteiger partial charge in [-0.25, -0.2) is 4.98 Å². The maximum Gasteiger partial charge on any atom is 0.433 e. The van der Waals surface area contributed by atoms with E-state index < -0.39 is 11.9 Å². The van der Waals surface area contributed by atoms with Crippen molar-refractivity contribution in [3.8, 4) is 0 Å². The van der Waals surface area contributed by atoms with E-state index in [0.29, 0.717) is 26.2 Å². The summed E-state index contributed by atoms with van der Waals surface area (Å²) in [4.78, 5) is 9.52. The summed E-state index contributed by atoms with van der Waals surface area (Å²) < 4.78 is 44.3. The number of halogens is 3. The van der Waals surface area contributed by atoms with Crippen LogP contribution in [0.3, 0.4) is 0 Å². The van der Waals surface area contributed by atoms with Crippen molar-refractivity contribution in [3.05, 3.63) is 11.8 Å². The molecule has 0 radical (unpaired) electrons. The summed E-state index contributed by atoms with van der Waals surface area (Å²) in [5, 5.41) is 2.74. The second-order valence-corrected chi connectivity index (χ2v) is 4.81. The molecule has 2 heterocycles. The Balaban J connectivity index is 2.31. The molecule has 0 spiro atoms. The fourth-order valence-electron chi connectivity index (χ4n) is 2.15. The van der Waals surface area contributed by atoms with Crippen molar-refractivity contribution in [2.75, 3.05) is 36.5 Å². The van der Waals surface area contributed by atoms with E-state index in [1.807, 2.05) is 11.8 Å². The zero-order chi connectivity index (χ0) is 15.5. The summed E-state index contributed by atoms with van der Waals surface area (Å²) in [6, 6.07) is 0.999. The van der Waals surface area contributed by atoms with Gasteiger partial charge in [0.25, 0.3) is 0 Å². The van der Waals surface area contributed by atoms with E-state index in [2.05, 4.69) is 15.3 Å². The predicted octanol–water partition coefficient (Wildman–Crippen LogP) is 2.54. The van der Waals surface area contributed by atoms with Gasteiger partial charge in [0.1, 0.15) is 5.82 Å². The van der Waals surface area contributed by atoms with Crippen LogP contribution in [0, 0.1) is 0 Å². The largest absolute Gasteiger partial charge is 0.433 e. The van der Waals surface area contributed by atoms with Crippen LogP contribution in [-0.2, 0) is 10.9 Å². The molecule has 0 bridgehead atoms. The molecule has 1 aliphatic heterocycles. The van der Waals surface area contributed by atoms with Gasteiger partial charge in [-0.2, -0.15) is 18.2 Å². The highest BCUT2D eigenvalue weighted by Gasteiger charge is 2.34. The lowest BCUT2D eigenvalue weighted by Crippen LogP contribution is -2.42. The molecule has 118 valence electrons. The Morgan fingerprint density at radius 3 is 2.76 bits per heavy atom. The predicted molar refractivity (Wildman–Crippen MR) is 73.4 cm³/mol. The van der Waals surface area contributed by atoms with Crippen LogP contribution >= 0.6 is 0 Å². The van der Waals surface area contributed by atoms with Gasteiger partial charge in [-0.15, -0.1) is 0 Å². The van der Waals surface area contributed by atoms with Crippen molar-refractivity contribution < 1.29 is 17.9 Å². The Kier molecular flexibility index (Phi) is 4.87. The normalized spacial score (nSPS) is 19.7. The van der Waals surface area contributed by atoms with E-state index in [0.717, 1.165) is 12.5 Å². The van der Waals surface area contributed by atoms with Gasteiger partial charge in [-0.3, -0.25) is 0 Å². The molecule has 1 unspecified atom stereocenters. The molecule has 1 aliphatic rings. The zero-order valence-corrected chi connectivity index (χ0v) is 12.1. The molecule has 1 fully saturated rings. The number of hydrogen-bond acceptors (Lipinski definition) is 5. The van der Waals surface area contributed by atoms with E-state index in [1.165, 1.54) is 0 Å². The Labute approximate surface area is 121 Å². The Morgan fingerprint density at radius 2 is 2.14 bits per heavy atom. The molecule has 1 aromatic rings. The lowest BCUT2D eigenvalue weighted by atomic mass is 10.2. The van der Waals surface area contributed by atoms with Crippen molar-refractivity contribution in [1.29, 1.82) is 0 Å². The minimum atomic E-state index is -4.49. The monoisotopic (exact) mass is 304 g/mol. The molecule has 8 heteroatoms. The van der Waals surface area contributed by atoms with E-state index in [4.69, 9.17) is 4.74 Å². The van der Waals surface area contributed by atoms with Crippen LogP contribution in [-0.4, -0.2) is 42.3 Å². The first-order valence-electron chi connectivity index (χ1n) is 7.00. The van der Waals surface area contributed by atoms with Crippen molar-refractivity contribution in [3.63, 3.8) is 0 Å². The lowest BCUT2D eigenvalue weighted by molar-refractivity contribution is -0.141. The third-order valence-electron chi connectivity index (χ3n) is 3.26. The Morgan fingerprint density at radius 1 is 1.38 bits per heavy atom. The molecule has 0 aromatic carbocycles. The summed E-state index contributed by atoms with van der Waals surface area (Å²) in [5.74, 6) is 0.289. The van der Waals surface area contributed by atoms with Gasteiger partial charge in [0.05, 0.1) is 12.7 Å². The van der Waals surface area contributed by atoms with Crippen LogP contribution in [0.15, 0.2) is 6.07 Å². The summed E-state index contributed by atoms with van der Waals surface area (Å²) in [6.45, 7) is 5.78. The molecule has 1 atom stereocenters. The summed E-state index contributed by atoms with van der Waals surface area (Å²) in [7, 11) is 0.